The standard InChI is InChI=1S/C19H20N2O2S/c1-4-17(18(22)20-14-10-9-12(2)11-13(14)3)24-19-21-15-7-5-6-8-16(15)23-19/h5-11,17H,4H2,1-3H3,(H,20,22). The average Bonchev–Trinajstić information content (AvgIpc) is 2.97. The van der Waals surface area contributed by atoms with Crippen molar-refractivity contribution >= 4 is 34.5 Å². The smallest absolute Gasteiger partial charge is 0.257 e. The van der Waals surface area contributed by atoms with E-state index in [0.29, 0.717) is 11.6 Å². The number of carbonyl (C=O) groups excluding carboxylic acids is 1. The summed E-state index contributed by atoms with van der Waals surface area (Å²) in [6.45, 7) is 6.02. The Morgan fingerprint density at radius 2 is 2.04 bits per heavy atom. The number of amides is 1. The second-order valence-electron chi connectivity index (χ2n) is 5.77. The monoisotopic (exact) mass is 340 g/mol. The zero-order valence-electron chi connectivity index (χ0n) is 14.0. The Bertz CT molecular complexity index is 840. The van der Waals surface area contributed by atoms with Crippen LogP contribution in [0.25, 0.3) is 11.1 Å². The number of oxazole rings is 1. The lowest BCUT2D eigenvalue weighted by Gasteiger charge is -2.14. The van der Waals surface area contributed by atoms with E-state index in [1.54, 1.807) is 0 Å². The molecule has 0 saturated carbocycles. The fraction of sp³-hybridized carbons (Fsp3) is 0.263. The molecule has 124 valence electrons. The molecule has 1 heterocycles. The third-order valence-corrected chi connectivity index (χ3v) is 5.03. The van der Waals surface area contributed by atoms with Gasteiger partial charge in [-0.15, -0.1) is 0 Å². The van der Waals surface area contributed by atoms with E-state index in [1.165, 1.54) is 17.3 Å². The number of nitrogens with one attached hydrogen (secondary N) is 1. The number of para-hydroxylation sites is 2. The highest BCUT2D eigenvalue weighted by atomic mass is 32.2. The summed E-state index contributed by atoms with van der Waals surface area (Å²) in [6, 6.07) is 13.6. The van der Waals surface area contributed by atoms with Crippen molar-refractivity contribution in [1.82, 2.24) is 4.98 Å². The second-order valence-corrected chi connectivity index (χ2v) is 6.92. The maximum Gasteiger partial charge on any atom is 0.257 e. The molecular weight excluding hydrogens is 320 g/mol. The first-order valence-corrected chi connectivity index (χ1v) is 8.85. The molecule has 3 rings (SSSR count). The van der Waals surface area contributed by atoms with Gasteiger partial charge >= 0.3 is 0 Å². The van der Waals surface area contributed by atoms with Crippen molar-refractivity contribution in [2.75, 3.05) is 5.32 Å². The molecule has 4 nitrogen and oxygen atoms in total. The molecule has 1 atom stereocenters. The zero-order valence-corrected chi connectivity index (χ0v) is 14.8. The molecule has 1 aromatic heterocycles. The van der Waals surface area contributed by atoms with Gasteiger partial charge in [-0.25, -0.2) is 4.98 Å². The van der Waals surface area contributed by atoms with Crippen LogP contribution < -0.4 is 5.32 Å². The molecule has 0 aliphatic heterocycles. The number of aromatic nitrogens is 1. The summed E-state index contributed by atoms with van der Waals surface area (Å²) in [5, 5.41) is 3.29. The largest absolute Gasteiger partial charge is 0.431 e. The van der Waals surface area contributed by atoms with Crippen LogP contribution in [0.1, 0.15) is 24.5 Å². The average molecular weight is 340 g/mol. The minimum Gasteiger partial charge on any atom is -0.431 e. The topological polar surface area (TPSA) is 55.1 Å². The Morgan fingerprint density at radius 1 is 1.25 bits per heavy atom. The van der Waals surface area contributed by atoms with E-state index < -0.39 is 0 Å². The number of carbonyl (C=O) groups is 1. The number of anilines is 1. The van der Waals surface area contributed by atoms with Crippen LogP contribution in [-0.2, 0) is 4.79 Å². The molecule has 3 aromatic rings. The Hall–Kier alpha value is -2.27. The molecule has 0 fully saturated rings. The van der Waals surface area contributed by atoms with Crippen molar-refractivity contribution in [3.63, 3.8) is 0 Å². The van der Waals surface area contributed by atoms with Gasteiger partial charge in [0, 0.05) is 5.69 Å². The van der Waals surface area contributed by atoms with Crippen LogP contribution >= 0.6 is 11.8 Å². The lowest BCUT2D eigenvalue weighted by Crippen LogP contribution is -2.25. The minimum absolute atomic E-state index is 0.0308. The molecule has 0 aliphatic rings. The molecule has 5 heteroatoms. The second kappa shape index (κ2) is 7.09. The lowest BCUT2D eigenvalue weighted by molar-refractivity contribution is -0.115. The van der Waals surface area contributed by atoms with Gasteiger partial charge in [-0.1, -0.05) is 48.5 Å². The SMILES string of the molecule is CCC(Sc1nc2ccccc2o1)C(=O)Nc1ccc(C)cc1C. The molecule has 0 aliphatic carbocycles. The summed E-state index contributed by atoms with van der Waals surface area (Å²) in [5.41, 5.74) is 4.64. The van der Waals surface area contributed by atoms with Crippen LogP contribution in [-0.4, -0.2) is 16.1 Å². The van der Waals surface area contributed by atoms with E-state index in [1.807, 2.05) is 57.2 Å². The number of hydrogen-bond donors (Lipinski definition) is 1. The molecule has 24 heavy (non-hydrogen) atoms. The van der Waals surface area contributed by atoms with Crippen molar-refractivity contribution in [3.05, 3.63) is 53.6 Å². The van der Waals surface area contributed by atoms with E-state index >= 15 is 0 Å². The Balaban J connectivity index is 1.74. The summed E-state index contributed by atoms with van der Waals surface area (Å²) in [4.78, 5) is 17.0. The number of aryl methyl sites for hydroxylation is 2. The van der Waals surface area contributed by atoms with Crippen molar-refractivity contribution in [2.45, 2.75) is 37.7 Å². The van der Waals surface area contributed by atoms with Gasteiger partial charge in [0.15, 0.2) is 5.58 Å². The number of hydrogen-bond acceptors (Lipinski definition) is 4. The van der Waals surface area contributed by atoms with Crippen LogP contribution in [0.3, 0.4) is 0 Å². The minimum atomic E-state index is -0.251. The molecule has 0 spiro atoms. The maximum absolute atomic E-state index is 12.6. The molecule has 1 N–H and O–H groups in total. The summed E-state index contributed by atoms with van der Waals surface area (Å²) >= 11 is 1.36. The summed E-state index contributed by atoms with van der Waals surface area (Å²) < 4.78 is 5.71. The van der Waals surface area contributed by atoms with Crippen LogP contribution in [0.2, 0.25) is 0 Å². The van der Waals surface area contributed by atoms with Gasteiger partial charge in [0.05, 0.1) is 5.25 Å². The fourth-order valence-corrected chi connectivity index (χ4v) is 3.38. The van der Waals surface area contributed by atoms with Gasteiger partial charge in [-0.3, -0.25) is 4.79 Å². The number of benzene rings is 2. The molecule has 2 aromatic carbocycles. The van der Waals surface area contributed by atoms with Crippen LogP contribution in [0.4, 0.5) is 5.69 Å². The third kappa shape index (κ3) is 3.62. The molecular formula is C19H20N2O2S. The van der Waals surface area contributed by atoms with E-state index in [4.69, 9.17) is 4.42 Å². The highest BCUT2D eigenvalue weighted by molar-refractivity contribution is 8.00. The zero-order chi connectivity index (χ0) is 17.1. The lowest BCUT2D eigenvalue weighted by atomic mass is 10.1. The number of thioether (sulfide) groups is 1. The molecule has 1 amide bonds. The highest BCUT2D eigenvalue weighted by Crippen LogP contribution is 2.29. The van der Waals surface area contributed by atoms with Gasteiger partial charge < -0.3 is 9.73 Å². The first kappa shape index (κ1) is 16.6. The normalized spacial score (nSPS) is 12.3. The van der Waals surface area contributed by atoms with Gasteiger partial charge in [-0.05, 0) is 44.0 Å². The van der Waals surface area contributed by atoms with E-state index in [9.17, 15) is 4.79 Å². The first-order valence-electron chi connectivity index (χ1n) is 7.97. The molecule has 0 bridgehead atoms. The van der Waals surface area contributed by atoms with Crippen LogP contribution in [0.5, 0.6) is 0 Å². The van der Waals surface area contributed by atoms with Crippen LogP contribution in [0.15, 0.2) is 52.1 Å². The van der Waals surface area contributed by atoms with Gasteiger partial charge in [0.2, 0.25) is 5.91 Å². The van der Waals surface area contributed by atoms with E-state index in [2.05, 4.69) is 16.4 Å². The van der Waals surface area contributed by atoms with Gasteiger partial charge in [0.25, 0.3) is 5.22 Å². The predicted octanol–water partition coefficient (Wildman–Crippen LogP) is 4.95. The van der Waals surface area contributed by atoms with Crippen molar-refractivity contribution in [2.24, 2.45) is 0 Å². The van der Waals surface area contributed by atoms with Crippen molar-refractivity contribution < 1.29 is 9.21 Å². The van der Waals surface area contributed by atoms with Gasteiger partial charge in [0.1, 0.15) is 5.52 Å². The van der Waals surface area contributed by atoms with E-state index in [0.717, 1.165) is 22.4 Å². The van der Waals surface area contributed by atoms with Crippen molar-refractivity contribution in [1.29, 1.82) is 0 Å². The Kier molecular flexibility index (Phi) is 4.90. The molecule has 0 radical (unpaired) electrons. The maximum atomic E-state index is 12.6. The molecule has 0 saturated heterocycles. The first-order chi connectivity index (χ1) is 11.6. The quantitative estimate of drug-likeness (QED) is 0.667. The predicted molar refractivity (Wildman–Crippen MR) is 98.5 cm³/mol. The summed E-state index contributed by atoms with van der Waals surface area (Å²) in [7, 11) is 0. The Morgan fingerprint density at radius 3 is 2.75 bits per heavy atom. The van der Waals surface area contributed by atoms with Crippen molar-refractivity contribution in [3.8, 4) is 0 Å². The van der Waals surface area contributed by atoms with E-state index in [-0.39, 0.29) is 11.2 Å². The van der Waals surface area contributed by atoms with Crippen LogP contribution in [0, 0.1) is 13.8 Å². The summed E-state index contributed by atoms with van der Waals surface area (Å²) in [5.74, 6) is -0.0308. The number of fused-ring (bicyclic) bond motifs is 1. The molecule has 1 unspecified atom stereocenters. The highest BCUT2D eigenvalue weighted by Gasteiger charge is 2.21. The number of nitrogens with zero attached hydrogens (tertiary/aromatic N) is 1. The van der Waals surface area contributed by atoms with Gasteiger partial charge in [-0.2, -0.15) is 0 Å². The Labute approximate surface area is 145 Å². The third-order valence-electron chi connectivity index (χ3n) is 3.82. The fourth-order valence-electron chi connectivity index (χ4n) is 2.51. The summed E-state index contributed by atoms with van der Waals surface area (Å²) in [6.07, 6.45) is 0.695. The number of rotatable bonds is 5.